The molecule has 0 spiro atoms. The summed E-state index contributed by atoms with van der Waals surface area (Å²) < 4.78 is 0. The van der Waals surface area contributed by atoms with Crippen LogP contribution in [0.4, 0.5) is 5.69 Å². The molecular weight excluding hydrogens is 359 g/mol. The van der Waals surface area contributed by atoms with Crippen molar-refractivity contribution in [1.29, 1.82) is 0 Å². The quantitative estimate of drug-likeness (QED) is 0.853. The number of anilines is 1. The van der Waals surface area contributed by atoms with Crippen molar-refractivity contribution in [3.63, 3.8) is 0 Å². The number of nitrogens with zero attached hydrogens (tertiary/aromatic N) is 1. The molecule has 0 aliphatic carbocycles. The van der Waals surface area contributed by atoms with Crippen LogP contribution >= 0.6 is 23.2 Å². The van der Waals surface area contributed by atoms with Crippen molar-refractivity contribution in [1.82, 2.24) is 5.32 Å². The van der Waals surface area contributed by atoms with Crippen LogP contribution in [0, 0.1) is 0 Å². The normalized spacial score (nSPS) is 14.0. The number of hydrogen-bond acceptors (Lipinski definition) is 2. The monoisotopic (exact) mass is 376 g/mol. The minimum atomic E-state index is -0.149. The lowest BCUT2D eigenvalue weighted by molar-refractivity contribution is -0.117. The summed E-state index contributed by atoms with van der Waals surface area (Å²) in [5, 5.41) is 4.07. The van der Waals surface area contributed by atoms with E-state index in [0.29, 0.717) is 35.0 Å². The average Bonchev–Trinajstić information content (AvgIpc) is 3.03. The molecule has 25 heavy (non-hydrogen) atoms. The Bertz CT molecular complexity index is 791. The minimum absolute atomic E-state index is 0.136. The summed E-state index contributed by atoms with van der Waals surface area (Å²) in [4.78, 5) is 25.7. The fourth-order valence-corrected chi connectivity index (χ4v) is 3.35. The molecule has 1 N–H and O–H groups in total. The zero-order valence-electron chi connectivity index (χ0n) is 13.6. The Morgan fingerprint density at radius 3 is 2.52 bits per heavy atom. The maximum absolute atomic E-state index is 12.2. The van der Waals surface area contributed by atoms with Gasteiger partial charge in [-0.15, -0.1) is 0 Å². The molecule has 1 aliphatic rings. The topological polar surface area (TPSA) is 49.4 Å². The van der Waals surface area contributed by atoms with Gasteiger partial charge in [0, 0.05) is 40.8 Å². The molecule has 2 aromatic rings. The Labute approximate surface area is 156 Å². The van der Waals surface area contributed by atoms with Crippen LogP contribution in [0.1, 0.15) is 28.8 Å². The van der Waals surface area contributed by atoms with Crippen LogP contribution in [-0.4, -0.2) is 24.9 Å². The Hall–Kier alpha value is -2.04. The maximum Gasteiger partial charge on any atom is 0.251 e. The first kappa shape index (κ1) is 17.8. The zero-order chi connectivity index (χ0) is 17.8. The van der Waals surface area contributed by atoms with Gasteiger partial charge in [0.25, 0.3) is 5.91 Å². The van der Waals surface area contributed by atoms with Gasteiger partial charge in [0.1, 0.15) is 0 Å². The highest BCUT2D eigenvalue weighted by Gasteiger charge is 2.21. The summed E-state index contributed by atoms with van der Waals surface area (Å²) in [5.41, 5.74) is 2.35. The number of hydrogen-bond donors (Lipinski definition) is 1. The molecule has 0 atom stereocenters. The highest BCUT2D eigenvalue weighted by atomic mass is 35.5. The van der Waals surface area contributed by atoms with Gasteiger partial charge in [0.2, 0.25) is 5.91 Å². The van der Waals surface area contributed by atoms with Crippen molar-refractivity contribution >= 4 is 40.7 Å². The van der Waals surface area contributed by atoms with Crippen LogP contribution in [-0.2, 0) is 11.2 Å². The molecule has 4 nitrogen and oxygen atoms in total. The van der Waals surface area contributed by atoms with E-state index in [4.69, 9.17) is 23.2 Å². The first-order valence-electron chi connectivity index (χ1n) is 8.17. The maximum atomic E-state index is 12.2. The molecule has 130 valence electrons. The Balaban J connectivity index is 1.55. The second kappa shape index (κ2) is 7.89. The smallest absolute Gasteiger partial charge is 0.251 e. The average molecular weight is 377 g/mol. The third kappa shape index (κ3) is 4.33. The highest BCUT2D eigenvalue weighted by Crippen LogP contribution is 2.22. The number of benzene rings is 2. The van der Waals surface area contributed by atoms with Gasteiger partial charge in [-0.05, 0) is 54.8 Å². The van der Waals surface area contributed by atoms with Crippen molar-refractivity contribution < 1.29 is 9.59 Å². The van der Waals surface area contributed by atoms with E-state index in [2.05, 4.69) is 5.32 Å². The summed E-state index contributed by atoms with van der Waals surface area (Å²) in [6, 6.07) is 12.4. The molecule has 6 heteroatoms. The van der Waals surface area contributed by atoms with Crippen molar-refractivity contribution in [2.45, 2.75) is 19.3 Å². The van der Waals surface area contributed by atoms with Crippen LogP contribution in [0.25, 0.3) is 0 Å². The molecule has 2 amide bonds. The second-order valence-electron chi connectivity index (χ2n) is 5.94. The molecular formula is C19H18Cl2N2O2. The van der Waals surface area contributed by atoms with Gasteiger partial charge < -0.3 is 10.2 Å². The summed E-state index contributed by atoms with van der Waals surface area (Å²) in [5.74, 6) is -0.0126. The first-order chi connectivity index (χ1) is 12.0. The molecule has 0 unspecified atom stereocenters. The third-order valence-electron chi connectivity index (χ3n) is 4.21. The van der Waals surface area contributed by atoms with E-state index < -0.39 is 0 Å². The highest BCUT2D eigenvalue weighted by molar-refractivity contribution is 6.35. The third-order valence-corrected chi connectivity index (χ3v) is 4.80. The van der Waals surface area contributed by atoms with E-state index in [1.807, 2.05) is 18.2 Å². The lowest BCUT2D eigenvalue weighted by Crippen LogP contribution is -2.26. The van der Waals surface area contributed by atoms with Crippen molar-refractivity contribution in [3.05, 3.63) is 63.6 Å². The summed E-state index contributed by atoms with van der Waals surface area (Å²) in [7, 11) is 0. The fourth-order valence-electron chi connectivity index (χ4n) is 2.85. The molecule has 1 heterocycles. The van der Waals surface area contributed by atoms with E-state index in [1.54, 1.807) is 29.2 Å². The largest absolute Gasteiger partial charge is 0.352 e. The summed E-state index contributed by atoms with van der Waals surface area (Å²) >= 11 is 12.0. The molecule has 0 aromatic heterocycles. The number of carbonyl (C=O) groups is 2. The number of carbonyl (C=O) groups excluding carboxylic acids is 2. The fraction of sp³-hybridized carbons (Fsp3) is 0.263. The van der Waals surface area contributed by atoms with Gasteiger partial charge in [0.05, 0.1) is 0 Å². The van der Waals surface area contributed by atoms with E-state index in [0.717, 1.165) is 24.2 Å². The van der Waals surface area contributed by atoms with Gasteiger partial charge in [-0.1, -0.05) is 29.3 Å². The first-order valence-corrected chi connectivity index (χ1v) is 8.93. The zero-order valence-corrected chi connectivity index (χ0v) is 15.1. The number of halogens is 2. The van der Waals surface area contributed by atoms with Gasteiger partial charge in [-0.3, -0.25) is 9.59 Å². The van der Waals surface area contributed by atoms with E-state index in [-0.39, 0.29) is 11.8 Å². The molecule has 1 aliphatic heterocycles. The van der Waals surface area contributed by atoms with E-state index in [1.165, 1.54) is 0 Å². The lowest BCUT2D eigenvalue weighted by Gasteiger charge is -2.15. The SMILES string of the molecule is O=C(NCCc1ccc(Cl)cc1Cl)c1ccc(N2CCCC2=O)cc1. The molecule has 0 radical (unpaired) electrons. The van der Waals surface area contributed by atoms with E-state index in [9.17, 15) is 9.59 Å². The van der Waals surface area contributed by atoms with E-state index >= 15 is 0 Å². The number of nitrogens with one attached hydrogen (secondary N) is 1. The molecule has 1 saturated heterocycles. The Kier molecular flexibility index (Phi) is 5.61. The number of amides is 2. The van der Waals surface area contributed by atoms with Gasteiger partial charge in [-0.25, -0.2) is 0 Å². The standard InChI is InChI=1S/C19H18Cl2N2O2/c20-15-6-3-13(17(21)12-15)9-10-22-19(25)14-4-7-16(8-5-14)23-11-1-2-18(23)24/h3-8,12H,1-2,9-11H2,(H,22,25). The van der Waals surface area contributed by atoms with Crippen molar-refractivity contribution in [3.8, 4) is 0 Å². The molecule has 0 saturated carbocycles. The summed E-state index contributed by atoms with van der Waals surface area (Å²) in [6.07, 6.45) is 2.10. The van der Waals surface area contributed by atoms with Gasteiger partial charge in [-0.2, -0.15) is 0 Å². The van der Waals surface area contributed by atoms with Crippen LogP contribution < -0.4 is 10.2 Å². The van der Waals surface area contributed by atoms with Crippen LogP contribution in [0.5, 0.6) is 0 Å². The molecule has 0 bridgehead atoms. The van der Waals surface area contributed by atoms with Crippen molar-refractivity contribution in [2.24, 2.45) is 0 Å². The Morgan fingerprint density at radius 1 is 1.12 bits per heavy atom. The lowest BCUT2D eigenvalue weighted by atomic mass is 10.1. The van der Waals surface area contributed by atoms with Crippen LogP contribution in [0.2, 0.25) is 10.0 Å². The minimum Gasteiger partial charge on any atom is -0.352 e. The number of rotatable bonds is 5. The predicted molar refractivity (Wildman–Crippen MR) is 101 cm³/mol. The second-order valence-corrected chi connectivity index (χ2v) is 6.78. The van der Waals surface area contributed by atoms with Crippen LogP contribution in [0.15, 0.2) is 42.5 Å². The Morgan fingerprint density at radius 2 is 1.88 bits per heavy atom. The predicted octanol–water partition coefficient (Wildman–Crippen LogP) is 4.09. The van der Waals surface area contributed by atoms with Crippen LogP contribution in [0.3, 0.4) is 0 Å². The van der Waals surface area contributed by atoms with Gasteiger partial charge >= 0.3 is 0 Å². The van der Waals surface area contributed by atoms with Crippen molar-refractivity contribution in [2.75, 3.05) is 18.0 Å². The molecule has 2 aromatic carbocycles. The molecule has 3 rings (SSSR count). The van der Waals surface area contributed by atoms with Gasteiger partial charge in [0.15, 0.2) is 0 Å². The molecule has 1 fully saturated rings. The summed E-state index contributed by atoms with van der Waals surface area (Å²) in [6.45, 7) is 1.22.